The number of sulfonamides is 1. The maximum Gasteiger partial charge on any atom is 0.252 e. The molecule has 3 heterocycles. The summed E-state index contributed by atoms with van der Waals surface area (Å²) in [7, 11) is -3.69. The fraction of sp³-hybridized carbons (Fsp3) is 0.318. The van der Waals surface area contributed by atoms with Crippen LogP contribution >= 0.6 is 0 Å². The lowest BCUT2D eigenvalue weighted by Gasteiger charge is -2.20. The first-order valence-corrected chi connectivity index (χ1v) is 11.7. The average Bonchev–Trinajstić information content (AvgIpc) is 3.07. The van der Waals surface area contributed by atoms with Gasteiger partial charge in [-0.15, -0.1) is 0 Å². The number of nitrogens with one attached hydrogen (secondary N) is 2. The highest BCUT2D eigenvalue weighted by molar-refractivity contribution is 7.89. The van der Waals surface area contributed by atoms with E-state index in [1.165, 1.54) is 28.6 Å². The topological polar surface area (TPSA) is 112 Å². The number of carbonyl (C=O) groups is 1. The van der Waals surface area contributed by atoms with Gasteiger partial charge < -0.3 is 10.3 Å². The van der Waals surface area contributed by atoms with Crippen LogP contribution in [-0.2, 0) is 16.6 Å². The van der Waals surface area contributed by atoms with Crippen LogP contribution < -0.4 is 10.9 Å². The zero-order valence-electron chi connectivity index (χ0n) is 17.0. The van der Waals surface area contributed by atoms with E-state index in [2.05, 4.69) is 15.3 Å². The van der Waals surface area contributed by atoms with E-state index in [0.29, 0.717) is 29.7 Å². The Morgan fingerprint density at radius 3 is 2.55 bits per heavy atom. The van der Waals surface area contributed by atoms with Crippen LogP contribution in [0.2, 0.25) is 0 Å². The van der Waals surface area contributed by atoms with Crippen molar-refractivity contribution in [1.29, 1.82) is 0 Å². The molecule has 0 aliphatic carbocycles. The molecule has 31 heavy (non-hydrogen) atoms. The summed E-state index contributed by atoms with van der Waals surface area (Å²) >= 11 is 0. The molecular weight excluding hydrogens is 416 g/mol. The Bertz CT molecular complexity index is 1250. The van der Waals surface area contributed by atoms with E-state index < -0.39 is 21.5 Å². The van der Waals surface area contributed by atoms with Crippen LogP contribution in [0.5, 0.6) is 0 Å². The smallest absolute Gasteiger partial charge is 0.252 e. The van der Waals surface area contributed by atoms with E-state index in [-0.39, 0.29) is 17.0 Å². The minimum absolute atomic E-state index is 0.118. The monoisotopic (exact) mass is 440 g/mol. The molecule has 1 aromatic carbocycles. The number of hydrogen-bond acceptors (Lipinski definition) is 5. The first kappa shape index (κ1) is 21.2. The maximum atomic E-state index is 13.2. The highest BCUT2D eigenvalue weighted by Crippen LogP contribution is 2.24. The number of fused-ring (bicyclic) bond motifs is 1. The molecule has 1 aliphatic rings. The molecule has 1 amide bonds. The fourth-order valence-corrected chi connectivity index (χ4v) is 5.32. The average molecular weight is 441 g/mol. The van der Waals surface area contributed by atoms with Crippen molar-refractivity contribution in [3.8, 4) is 0 Å². The number of aromatic nitrogens is 2. The van der Waals surface area contributed by atoms with E-state index in [4.69, 9.17) is 0 Å². The van der Waals surface area contributed by atoms with Gasteiger partial charge in [0, 0.05) is 36.3 Å². The summed E-state index contributed by atoms with van der Waals surface area (Å²) < 4.78 is 27.9. The lowest BCUT2D eigenvalue weighted by atomic mass is 10.1. The van der Waals surface area contributed by atoms with Crippen molar-refractivity contribution in [3.05, 3.63) is 70.3 Å². The normalized spacial score (nSPS) is 15.5. The van der Waals surface area contributed by atoms with E-state index >= 15 is 0 Å². The maximum absolute atomic E-state index is 13.2. The first-order chi connectivity index (χ1) is 14.9. The zero-order valence-corrected chi connectivity index (χ0v) is 17.8. The molecule has 2 aromatic heterocycles. The standard InChI is InChI=1S/C22H24N4O4S/c27-21-14-19(22(28)24-15-16-7-3-4-10-23-16)18-13-17(8-9-20(18)25-21)31(29,30)26-11-5-1-2-6-12-26/h3-4,7-10,13-14H,1-2,5-6,11-12,15H2,(H,24,28)(H,25,27). The summed E-state index contributed by atoms with van der Waals surface area (Å²) in [4.78, 5) is 31.9. The van der Waals surface area contributed by atoms with Gasteiger partial charge in [-0.05, 0) is 43.2 Å². The van der Waals surface area contributed by atoms with Crippen LogP contribution in [0.3, 0.4) is 0 Å². The number of nitrogens with zero attached hydrogens (tertiary/aromatic N) is 2. The predicted octanol–water partition coefficient (Wildman–Crippen LogP) is 2.42. The van der Waals surface area contributed by atoms with E-state index in [1.54, 1.807) is 18.3 Å². The van der Waals surface area contributed by atoms with Gasteiger partial charge in [0.2, 0.25) is 15.6 Å². The Kier molecular flexibility index (Phi) is 6.15. The molecular formula is C22H24N4O4S. The highest BCUT2D eigenvalue weighted by Gasteiger charge is 2.26. The minimum Gasteiger partial charge on any atom is -0.346 e. The predicted molar refractivity (Wildman–Crippen MR) is 117 cm³/mol. The van der Waals surface area contributed by atoms with Gasteiger partial charge in [0.05, 0.1) is 22.7 Å². The van der Waals surface area contributed by atoms with Gasteiger partial charge in [0.1, 0.15) is 0 Å². The molecule has 162 valence electrons. The van der Waals surface area contributed by atoms with Crippen LogP contribution in [0.25, 0.3) is 10.9 Å². The summed E-state index contributed by atoms with van der Waals surface area (Å²) in [6.07, 6.45) is 5.34. The van der Waals surface area contributed by atoms with Gasteiger partial charge in [0.15, 0.2) is 0 Å². The third-order valence-electron chi connectivity index (χ3n) is 5.42. The summed E-state index contributed by atoms with van der Waals surface area (Å²) in [5.41, 5.74) is 0.779. The van der Waals surface area contributed by atoms with Crippen molar-refractivity contribution < 1.29 is 13.2 Å². The van der Waals surface area contributed by atoms with Gasteiger partial charge in [0.25, 0.3) is 5.91 Å². The molecule has 1 fully saturated rings. The number of benzene rings is 1. The number of aromatic amines is 1. The summed E-state index contributed by atoms with van der Waals surface area (Å²) in [5, 5.41) is 3.13. The van der Waals surface area contributed by atoms with Crippen LogP contribution in [-0.4, -0.2) is 41.7 Å². The first-order valence-electron chi connectivity index (χ1n) is 10.3. The number of rotatable bonds is 5. The third-order valence-corrected chi connectivity index (χ3v) is 7.31. The quantitative estimate of drug-likeness (QED) is 0.633. The fourth-order valence-electron chi connectivity index (χ4n) is 3.78. The number of amides is 1. The van der Waals surface area contributed by atoms with E-state index in [9.17, 15) is 18.0 Å². The summed E-state index contributed by atoms with van der Waals surface area (Å²) in [6.45, 7) is 1.17. The molecule has 8 nitrogen and oxygen atoms in total. The molecule has 0 bridgehead atoms. The number of H-pyrrole nitrogens is 1. The molecule has 1 aliphatic heterocycles. The molecule has 0 unspecified atom stereocenters. The lowest BCUT2D eigenvalue weighted by Crippen LogP contribution is -2.32. The van der Waals surface area contributed by atoms with Crippen molar-refractivity contribution >= 4 is 26.8 Å². The van der Waals surface area contributed by atoms with Crippen LogP contribution in [0.1, 0.15) is 41.7 Å². The molecule has 3 aromatic rings. The van der Waals surface area contributed by atoms with E-state index in [1.807, 2.05) is 6.07 Å². The molecule has 4 rings (SSSR count). The lowest BCUT2D eigenvalue weighted by molar-refractivity contribution is 0.0952. The Labute approximate surface area is 180 Å². The van der Waals surface area contributed by atoms with Crippen molar-refractivity contribution in [2.45, 2.75) is 37.1 Å². The molecule has 0 saturated carbocycles. The number of hydrogen-bond donors (Lipinski definition) is 2. The van der Waals surface area contributed by atoms with Gasteiger partial charge in [-0.2, -0.15) is 4.31 Å². The highest BCUT2D eigenvalue weighted by atomic mass is 32.2. The van der Waals surface area contributed by atoms with Gasteiger partial charge in [-0.25, -0.2) is 8.42 Å². The van der Waals surface area contributed by atoms with Crippen molar-refractivity contribution in [2.75, 3.05) is 13.1 Å². The molecule has 1 saturated heterocycles. The second-order valence-electron chi connectivity index (χ2n) is 7.58. The van der Waals surface area contributed by atoms with E-state index in [0.717, 1.165) is 25.7 Å². The third kappa shape index (κ3) is 4.67. The SMILES string of the molecule is O=C(NCc1ccccn1)c1cc(=O)[nH]c2ccc(S(=O)(=O)N3CCCCCC3)cc12. The second-order valence-corrected chi connectivity index (χ2v) is 9.51. The Morgan fingerprint density at radius 2 is 1.84 bits per heavy atom. The molecule has 9 heteroatoms. The van der Waals surface area contributed by atoms with Crippen LogP contribution in [0.15, 0.2) is 58.4 Å². The van der Waals surface area contributed by atoms with Crippen molar-refractivity contribution in [2.24, 2.45) is 0 Å². The van der Waals surface area contributed by atoms with Crippen molar-refractivity contribution in [1.82, 2.24) is 19.6 Å². The van der Waals surface area contributed by atoms with Crippen LogP contribution in [0, 0.1) is 0 Å². The second kappa shape index (κ2) is 8.99. The van der Waals surface area contributed by atoms with Gasteiger partial charge in [-0.3, -0.25) is 14.6 Å². The zero-order chi connectivity index (χ0) is 21.8. The molecule has 0 radical (unpaired) electrons. The number of pyridine rings is 2. The molecule has 2 N–H and O–H groups in total. The minimum atomic E-state index is -3.69. The Morgan fingerprint density at radius 1 is 1.06 bits per heavy atom. The largest absolute Gasteiger partial charge is 0.346 e. The Balaban J connectivity index is 1.69. The van der Waals surface area contributed by atoms with Crippen molar-refractivity contribution in [3.63, 3.8) is 0 Å². The summed E-state index contributed by atoms with van der Waals surface area (Å²) in [5.74, 6) is -0.467. The molecule has 0 spiro atoms. The Hall–Kier alpha value is -3.04. The summed E-state index contributed by atoms with van der Waals surface area (Å²) in [6, 6.07) is 11.1. The van der Waals surface area contributed by atoms with Crippen LogP contribution in [0.4, 0.5) is 0 Å². The van der Waals surface area contributed by atoms with Gasteiger partial charge in [-0.1, -0.05) is 18.9 Å². The van der Waals surface area contributed by atoms with Gasteiger partial charge >= 0.3 is 0 Å². The molecule has 0 atom stereocenters. The number of carbonyl (C=O) groups excluding carboxylic acids is 1.